The summed E-state index contributed by atoms with van der Waals surface area (Å²) in [7, 11) is 0. The Balaban J connectivity index is 1.74. The number of esters is 1. The van der Waals surface area contributed by atoms with Gasteiger partial charge < -0.3 is 15.0 Å². The van der Waals surface area contributed by atoms with Crippen LogP contribution in [0.25, 0.3) is 0 Å². The fraction of sp³-hybridized carbons (Fsp3) is 0.667. The van der Waals surface area contributed by atoms with Gasteiger partial charge in [0.15, 0.2) is 0 Å². The first-order valence-electron chi connectivity index (χ1n) is 7.92. The third-order valence-corrected chi connectivity index (χ3v) is 3.88. The van der Waals surface area contributed by atoms with Gasteiger partial charge in [-0.1, -0.05) is 0 Å². The number of aromatic nitrogens is 2. The molecule has 1 saturated heterocycles. The van der Waals surface area contributed by atoms with Crippen molar-refractivity contribution in [3.63, 3.8) is 0 Å². The zero-order valence-corrected chi connectivity index (χ0v) is 14.0. The number of nitrogens with one attached hydrogen (secondary N) is 2. The Hall–Kier alpha value is -2.09. The maximum atomic E-state index is 11.8. The Labute approximate surface area is 136 Å². The van der Waals surface area contributed by atoms with Crippen LogP contribution in [0.15, 0.2) is 0 Å². The first-order valence-corrected chi connectivity index (χ1v) is 7.92. The summed E-state index contributed by atoms with van der Waals surface area (Å²) in [6.07, 6.45) is 0. The van der Waals surface area contributed by atoms with Crippen LogP contribution in [-0.2, 0) is 14.3 Å². The lowest BCUT2D eigenvalue weighted by Gasteiger charge is -2.35. The van der Waals surface area contributed by atoms with Gasteiger partial charge in [0.1, 0.15) is 6.54 Å². The number of carbonyl (C=O) groups is 2. The van der Waals surface area contributed by atoms with Gasteiger partial charge in [0.25, 0.3) is 0 Å². The van der Waals surface area contributed by atoms with Gasteiger partial charge in [-0.25, -0.2) is 0 Å². The fourth-order valence-corrected chi connectivity index (χ4v) is 2.78. The van der Waals surface area contributed by atoms with E-state index in [9.17, 15) is 9.59 Å². The molecule has 0 saturated carbocycles. The smallest absolute Gasteiger partial charge is 0.325 e. The van der Waals surface area contributed by atoms with Crippen LogP contribution < -0.4 is 10.2 Å². The standard InChI is InChI=1S/C15H25N5O3/c1-4-23-14(22)9-16-13(21)10-19-5-7-20(8-6-19)15-11(2)17-18-12(15)3/h4-10H2,1-3H3,(H,16,21)(H,17,18). The van der Waals surface area contributed by atoms with E-state index >= 15 is 0 Å². The van der Waals surface area contributed by atoms with Crippen LogP contribution in [-0.4, -0.2) is 72.8 Å². The number of amides is 1. The molecule has 8 nitrogen and oxygen atoms in total. The predicted octanol–water partition coefficient (Wildman–Crippen LogP) is -0.172. The normalized spacial score (nSPS) is 15.5. The molecule has 0 spiro atoms. The Morgan fingerprint density at radius 2 is 1.96 bits per heavy atom. The Morgan fingerprint density at radius 3 is 2.52 bits per heavy atom. The molecule has 0 bridgehead atoms. The van der Waals surface area contributed by atoms with Crippen LogP contribution in [0.5, 0.6) is 0 Å². The first kappa shape index (κ1) is 17.3. The second kappa shape index (κ2) is 7.96. The molecule has 0 aromatic carbocycles. The molecule has 2 rings (SSSR count). The average molecular weight is 323 g/mol. The van der Waals surface area contributed by atoms with E-state index in [2.05, 4.69) is 25.3 Å². The second-order valence-corrected chi connectivity index (χ2v) is 5.63. The lowest BCUT2D eigenvalue weighted by atomic mass is 10.2. The molecule has 0 atom stereocenters. The second-order valence-electron chi connectivity index (χ2n) is 5.63. The van der Waals surface area contributed by atoms with Crippen molar-refractivity contribution >= 4 is 17.6 Å². The molecule has 1 aliphatic rings. The van der Waals surface area contributed by atoms with Crippen molar-refractivity contribution in [3.8, 4) is 0 Å². The molecular formula is C15H25N5O3. The number of hydrogen-bond acceptors (Lipinski definition) is 6. The lowest BCUT2D eigenvalue weighted by molar-refractivity contribution is -0.143. The van der Waals surface area contributed by atoms with Gasteiger partial charge in [0.05, 0.1) is 30.2 Å². The largest absolute Gasteiger partial charge is 0.465 e. The lowest BCUT2D eigenvalue weighted by Crippen LogP contribution is -2.50. The molecule has 23 heavy (non-hydrogen) atoms. The van der Waals surface area contributed by atoms with E-state index < -0.39 is 5.97 Å². The number of aryl methyl sites for hydroxylation is 2. The van der Waals surface area contributed by atoms with Gasteiger partial charge in [0.2, 0.25) is 5.91 Å². The van der Waals surface area contributed by atoms with Crippen LogP contribution in [0.3, 0.4) is 0 Å². The highest BCUT2D eigenvalue weighted by Gasteiger charge is 2.22. The quantitative estimate of drug-likeness (QED) is 0.706. The van der Waals surface area contributed by atoms with Crippen molar-refractivity contribution in [1.82, 2.24) is 20.4 Å². The van der Waals surface area contributed by atoms with Crippen molar-refractivity contribution < 1.29 is 14.3 Å². The van der Waals surface area contributed by atoms with Crippen molar-refractivity contribution in [2.75, 3.05) is 50.8 Å². The number of anilines is 1. The summed E-state index contributed by atoms with van der Waals surface area (Å²) in [6, 6.07) is 0. The molecule has 1 aromatic heterocycles. The molecule has 1 aliphatic heterocycles. The van der Waals surface area contributed by atoms with E-state index in [1.54, 1.807) is 6.92 Å². The molecule has 2 N–H and O–H groups in total. The molecule has 1 aromatic rings. The average Bonchev–Trinajstić information content (AvgIpc) is 2.86. The van der Waals surface area contributed by atoms with E-state index in [0.717, 1.165) is 43.3 Å². The monoisotopic (exact) mass is 323 g/mol. The first-order chi connectivity index (χ1) is 11.0. The topological polar surface area (TPSA) is 90.6 Å². The van der Waals surface area contributed by atoms with Gasteiger partial charge >= 0.3 is 5.97 Å². The minimum Gasteiger partial charge on any atom is -0.465 e. The number of piperazine rings is 1. The van der Waals surface area contributed by atoms with Gasteiger partial charge in [-0.05, 0) is 20.8 Å². The minimum absolute atomic E-state index is 0.0694. The van der Waals surface area contributed by atoms with E-state index in [-0.39, 0.29) is 12.5 Å². The fourth-order valence-electron chi connectivity index (χ4n) is 2.78. The number of nitrogens with zero attached hydrogens (tertiary/aromatic N) is 3. The molecule has 0 aliphatic carbocycles. The van der Waals surface area contributed by atoms with Crippen LogP contribution in [0, 0.1) is 13.8 Å². The Kier molecular flexibility index (Phi) is 5.97. The number of hydrogen-bond donors (Lipinski definition) is 2. The maximum absolute atomic E-state index is 11.8. The van der Waals surface area contributed by atoms with Gasteiger partial charge in [0, 0.05) is 26.2 Å². The van der Waals surface area contributed by atoms with Crippen molar-refractivity contribution in [2.24, 2.45) is 0 Å². The van der Waals surface area contributed by atoms with Crippen molar-refractivity contribution in [1.29, 1.82) is 0 Å². The zero-order valence-electron chi connectivity index (χ0n) is 14.0. The number of rotatable bonds is 6. The van der Waals surface area contributed by atoms with Gasteiger partial charge in [-0.15, -0.1) is 0 Å². The maximum Gasteiger partial charge on any atom is 0.325 e. The summed E-state index contributed by atoms with van der Waals surface area (Å²) in [5.41, 5.74) is 3.24. The summed E-state index contributed by atoms with van der Waals surface area (Å²) >= 11 is 0. The minimum atomic E-state index is -0.406. The summed E-state index contributed by atoms with van der Waals surface area (Å²) in [4.78, 5) is 27.4. The SMILES string of the molecule is CCOC(=O)CNC(=O)CN1CCN(c2c(C)n[nH]c2C)CC1. The van der Waals surface area contributed by atoms with Crippen molar-refractivity contribution in [3.05, 3.63) is 11.4 Å². The van der Waals surface area contributed by atoms with E-state index in [1.165, 1.54) is 0 Å². The Bertz CT molecular complexity index is 530. The van der Waals surface area contributed by atoms with E-state index in [1.807, 2.05) is 13.8 Å². The molecule has 0 radical (unpaired) electrons. The summed E-state index contributed by atoms with van der Waals surface area (Å²) in [5.74, 6) is -0.557. The number of carbonyl (C=O) groups excluding carboxylic acids is 2. The van der Waals surface area contributed by atoms with Crippen LogP contribution in [0.1, 0.15) is 18.3 Å². The third kappa shape index (κ3) is 4.69. The van der Waals surface area contributed by atoms with Crippen LogP contribution >= 0.6 is 0 Å². The number of H-pyrrole nitrogens is 1. The van der Waals surface area contributed by atoms with Crippen LogP contribution in [0.2, 0.25) is 0 Å². The molecule has 8 heteroatoms. The number of aromatic amines is 1. The molecule has 1 fully saturated rings. The third-order valence-electron chi connectivity index (χ3n) is 3.88. The molecule has 2 heterocycles. The summed E-state index contributed by atoms with van der Waals surface area (Å²) in [5, 5.41) is 9.82. The summed E-state index contributed by atoms with van der Waals surface area (Å²) < 4.78 is 4.78. The van der Waals surface area contributed by atoms with Gasteiger partial charge in [-0.3, -0.25) is 19.6 Å². The molecule has 0 unspecified atom stereocenters. The highest BCUT2D eigenvalue weighted by Crippen LogP contribution is 2.23. The number of ether oxygens (including phenoxy) is 1. The summed E-state index contributed by atoms with van der Waals surface area (Å²) in [6.45, 7) is 9.62. The van der Waals surface area contributed by atoms with E-state index in [4.69, 9.17) is 4.74 Å². The highest BCUT2D eigenvalue weighted by atomic mass is 16.5. The Morgan fingerprint density at radius 1 is 1.26 bits per heavy atom. The molecule has 1 amide bonds. The van der Waals surface area contributed by atoms with Gasteiger partial charge in [-0.2, -0.15) is 5.10 Å². The van der Waals surface area contributed by atoms with Crippen molar-refractivity contribution in [2.45, 2.75) is 20.8 Å². The molecule has 128 valence electrons. The zero-order chi connectivity index (χ0) is 16.8. The molecular weight excluding hydrogens is 298 g/mol. The predicted molar refractivity (Wildman–Crippen MR) is 86.4 cm³/mol. The van der Waals surface area contributed by atoms with E-state index in [0.29, 0.717) is 13.2 Å². The van der Waals surface area contributed by atoms with Crippen LogP contribution in [0.4, 0.5) is 5.69 Å². The highest BCUT2D eigenvalue weighted by molar-refractivity contribution is 5.83.